The maximum atomic E-state index is 12.9. The van der Waals surface area contributed by atoms with Gasteiger partial charge in [0, 0.05) is 19.5 Å². The van der Waals surface area contributed by atoms with Gasteiger partial charge < -0.3 is 20.9 Å². The fourth-order valence-corrected chi connectivity index (χ4v) is 2.26. The van der Waals surface area contributed by atoms with Crippen molar-refractivity contribution in [2.24, 2.45) is 0 Å². The lowest BCUT2D eigenvalue weighted by Gasteiger charge is -2.34. The Balaban J connectivity index is 1.84. The molecule has 0 radical (unpaired) electrons. The average Bonchev–Trinajstić information content (AvgIpc) is 2.48. The fraction of sp³-hybridized carbons (Fsp3) is 0.500. The second-order valence-electron chi connectivity index (χ2n) is 4.98. The number of nitrogens with zero attached hydrogens (tertiary/aromatic N) is 1. The number of halogens is 1. The number of anilines is 2. The Morgan fingerprint density at radius 1 is 1.57 bits per heavy atom. The number of nitrogen functional groups attached to an aromatic ring is 1. The minimum atomic E-state index is -0.440. The number of aliphatic hydroxyl groups excluding tert-OH is 1. The van der Waals surface area contributed by atoms with Crippen LogP contribution in [0.15, 0.2) is 18.2 Å². The van der Waals surface area contributed by atoms with Gasteiger partial charge in [-0.25, -0.2) is 4.39 Å². The lowest BCUT2D eigenvalue weighted by molar-refractivity contribution is -0.117. The largest absolute Gasteiger partial charge is 0.397 e. The molecule has 1 aliphatic heterocycles. The van der Waals surface area contributed by atoms with E-state index in [9.17, 15) is 14.3 Å². The van der Waals surface area contributed by atoms with Crippen LogP contribution in [-0.2, 0) is 9.53 Å². The molecule has 0 spiro atoms. The van der Waals surface area contributed by atoms with E-state index in [1.54, 1.807) is 0 Å². The molecule has 1 saturated heterocycles. The normalized spacial score (nSPS) is 19.4. The van der Waals surface area contributed by atoms with Crippen molar-refractivity contribution in [3.8, 4) is 0 Å². The summed E-state index contributed by atoms with van der Waals surface area (Å²) in [4.78, 5) is 13.9. The molecule has 1 amide bonds. The summed E-state index contributed by atoms with van der Waals surface area (Å²) in [6.45, 7) is 2.30. The third kappa shape index (κ3) is 4.38. The van der Waals surface area contributed by atoms with E-state index in [0.29, 0.717) is 32.0 Å². The number of aliphatic hydroxyl groups is 1. The monoisotopic (exact) mass is 297 g/mol. The summed E-state index contributed by atoms with van der Waals surface area (Å²) in [5.74, 6) is -0.638. The number of nitrogens with one attached hydrogen (secondary N) is 1. The smallest absolute Gasteiger partial charge is 0.225 e. The number of benzene rings is 1. The van der Waals surface area contributed by atoms with E-state index in [2.05, 4.69) is 5.32 Å². The van der Waals surface area contributed by atoms with Crippen molar-refractivity contribution in [2.45, 2.75) is 12.5 Å². The van der Waals surface area contributed by atoms with Gasteiger partial charge in [-0.2, -0.15) is 0 Å². The maximum absolute atomic E-state index is 12.9. The summed E-state index contributed by atoms with van der Waals surface area (Å²) in [5.41, 5.74) is 6.24. The molecule has 0 saturated carbocycles. The molecule has 1 unspecified atom stereocenters. The van der Waals surface area contributed by atoms with E-state index in [1.165, 1.54) is 18.2 Å². The van der Waals surface area contributed by atoms with Crippen LogP contribution in [0.2, 0.25) is 0 Å². The average molecular weight is 297 g/mol. The number of carbonyl (C=O) groups excluding carboxylic acids is 1. The third-order valence-corrected chi connectivity index (χ3v) is 3.47. The molecule has 0 aliphatic carbocycles. The van der Waals surface area contributed by atoms with Crippen LogP contribution < -0.4 is 11.1 Å². The SMILES string of the molecule is Nc1cc(F)ccc1NC(=O)CCN1CCOCC1CO. The van der Waals surface area contributed by atoms with Crippen molar-refractivity contribution < 1.29 is 19.0 Å². The summed E-state index contributed by atoms with van der Waals surface area (Å²) in [7, 11) is 0. The van der Waals surface area contributed by atoms with Gasteiger partial charge in [0.25, 0.3) is 0 Å². The lowest BCUT2D eigenvalue weighted by Crippen LogP contribution is -2.48. The number of hydrogen-bond acceptors (Lipinski definition) is 5. The topological polar surface area (TPSA) is 87.8 Å². The molecule has 4 N–H and O–H groups in total. The first-order valence-corrected chi connectivity index (χ1v) is 6.87. The number of hydrogen-bond donors (Lipinski definition) is 3. The number of morpholine rings is 1. The van der Waals surface area contributed by atoms with Crippen LogP contribution in [0.1, 0.15) is 6.42 Å². The highest BCUT2D eigenvalue weighted by atomic mass is 19.1. The highest BCUT2D eigenvalue weighted by Gasteiger charge is 2.22. The van der Waals surface area contributed by atoms with E-state index >= 15 is 0 Å². The Bertz CT molecular complexity index is 498. The molecule has 1 aromatic carbocycles. The first-order chi connectivity index (χ1) is 10.1. The second-order valence-corrected chi connectivity index (χ2v) is 4.98. The van der Waals surface area contributed by atoms with Gasteiger partial charge in [-0.3, -0.25) is 9.69 Å². The summed E-state index contributed by atoms with van der Waals surface area (Å²) >= 11 is 0. The first-order valence-electron chi connectivity index (χ1n) is 6.87. The Hall–Kier alpha value is -1.70. The minimum absolute atomic E-state index is 0.00648. The van der Waals surface area contributed by atoms with Gasteiger partial charge in [-0.15, -0.1) is 0 Å². The molecule has 7 heteroatoms. The highest BCUT2D eigenvalue weighted by Crippen LogP contribution is 2.19. The van der Waals surface area contributed by atoms with Gasteiger partial charge in [0.05, 0.1) is 37.2 Å². The number of amides is 1. The number of ether oxygens (including phenoxy) is 1. The molecule has 0 bridgehead atoms. The maximum Gasteiger partial charge on any atom is 0.225 e. The van der Waals surface area contributed by atoms with Crippen LogP contribution in [0.5, 0.6) is 0 Å². The van der Waals surface area contributed by atoms with E-state index in [4.69, 9.17) is 10.5 Å². The van der Waals surface area contributed by atoms with Crippen LogP contribution in [0.25, 0.3) is 0 Å². The zero-order valence-electron chi connectivity index (χ0n) is 11.7. The summed E-state index contributed by atoms with van der Waals surface area (Å²) < 4.78 is 18.2. The van der Waals surface area contributed by atoms with Crippen LogP contribution in [0.4, 0.5) is 15.8 Å². The molecule has 1 aromatic rings. The van der Waals surface area contributed by atoms with Crippen molar-refractivity contribution >= 4 is 17.3 Å². The van der Waals surface area contributed by atoms with E-state index in [-0.39, 0.29) is 30.7 Å². The van der Waals surface area contributed by atoms with Gasteiger partial charge >= 0.3 is 0 Å². The van der Waals surface area contributed by atoms with E-state index in [1.807, 2.05) is 4.90 Å². The molecule has 2 rings (SSSR count). The molecule has 6 nitrogen and oxygen atoms in total. The van der Waals surface area contributed by atoms with Crippen molar-refractivity contribution in [1.29, 1.82) is 0 Å². The molecule has 1 atom stereocenters. The molecule has 1 fully saturated rings. The summed E-state index contributed by atoms with van der Waals surface area (Å²) in [6, 6.07) is 3.78. The molecule has 0 aromatic heterocycles. The van der Waals surface area contributed by atoms with Crippen LogP contribution >= 0.6 is 0 Å². The first kappa shape index (κ1) is 15.7. The standard InChI is InChI=1S/C14H20FN3O3/c15-10-1-2-13(12(16)7-10)17-14(20)3-4-18-5-6-21-9-11(18)8-19/h1-2,7,11,19H,3-6,8-9,16H2,(H,17,20). The Morgan fingerprint density at radius 2 is 2.38 bits per heavy atom. The number of carbonyl (C=O) groups is 1. The zero-order valence-corrected chi connectivity index (χ0v) is 11.7. The Labute approximate surface area is 122 Å². The molecule has 1 heterocycles. The van der Waals surface area contributed by atoms with Crippen molar-refractivity contribution in [3.63, 3.8) is 0 Å². The molecule has 116 valence electrons. The highest BCUT2D eigenvalue weighted by molar-refractivity contribution is 5.93. The van der Waals surface area contributed by atoms with Crippen LogP contribution in [0, 0.1) is 5.82 Å². The van der Waals surface area contributed by atoms with E-state index < -0.39 is 5.82 Å². The Morgan fingerprint density at radius 3 is 3.10 bits per heavy atom. The van der Waals surface area contributed by atoms with Gasteiger partial charge in [0.15, 0.2) is 0 Å². The van der Waals surface area contributed by atoms with Gasteiger partial charge in [-0.05, 0) is 18.2 Å². The second kappa shape index (κ2) is 7.35. The fourth-order valence-electron chi connectivity index (χ4n) is 2.26. The van der Waals surface area contributed by atoms with Gasteiger partial charge in [0.2, 0.25) is 5.91 Å². The summed E-state index contributed by atoms with van der Waals surface area (Å²) in [6.07, 6.45) is 0.271. The molecular formula is C14H20FN3O3. The van der Waals surface area contributed by atoms with Gasteiger partial charge in [0.1, 0.15) is 5.82 Å². The number of nitrogens with two attached hydrogens (primary N) is 1. The van der Waals surface area contributed by atoms with Crippen molar-refractivity contribution in [1.82, 2.24) is 4.90 Å². The zero-order chi connectivity index (χ0) is 15.2. The number of rotatable bonds is 5. The van der Waals surface area contributed by atoms with E-state index in [0.717, 1.165) is 0 Å². The summed E-state index contributed by atoms with van der Waals surface area (Å²) in [5, 5.41) is 11.9. The minimum Gasteiger partial charge on any atom is -0.397 e. The Kier molecular flexibility index (Phi) is 5.49. The predicted molar refractivity (Wildman–Crippen MR) is 77.3 cm³/mol. The van der Waals surface area contributed by atoms with Crippen LogP contribution in [-0.4, -0.2) is 54.9 Å². The van der Waals surface area contributed by atoms with Crippen molar-refractivity contribution in [2.75, 3.05) is 44.0 Å². The quantitative estimate of drug-likeness (QED) is 0.686. The molecule has 1 aliphatic rings. The third-order valence-electron chi connectivity index (χ3n) is 3.47. The van der Waals surface area contributed by atoms with Crippen molar-refractivity contribution in [3.05, 3.63) is 24.0 Å². The lowest BCUT2D eigenvalue weighted by atomic mass is 10.2. The van der Waals surface area contributed by atoms with Gasteiger partial charge in [-0.1, -0.05) is 0 Å². The molecule has 21 heavy (non-hydrogen) atoms. The predicted octanol–water partition coefficient (Wildman–Crippen LogP) is 0.430. The molecular weight excluding hydrogens is 277 g/mol. The van der Waals surface area contributed by atoms with Crippen LogP contribution in [0.3, 0.4) is 0 Å².